The fourth-order valence-corrected chi connectivity index (χ4v) is 4.95. The van der Waals surface area contributed by atoms with E-state index in [0.717, 1.165) is 31.4 Å². The number of rotatable bonds is 7. The minimum Gasteiger partial charge on any atom is -0.370 e. The van der Waals surface area contributed by atoms with Gasteiger partial charge in [-0.2, -0.15) is 4.31 Å². The summed E-state index contributed by atoms with van der Waals surface area (Å²) < 4.78 is 27.6. The van der Waals surface area contributed by atoms with E-state index in [-0.39, 0.29) is 6.54 Å². The number of nitrogens with one attached hydrogen (secondary N) is 1. The number of piperidine rings is 1. The van der Waals surface area contributed by atoms with E-state index < -0.39 is 10.0 Å². The maximum Gasteiger partial charge on any atom is 0.243 e. The molecule has 0 saturated carbocycles. The molecule has 1 aliphatic heterocycles. The second-order valence-corrected chi connectivity index (χ2v) is 8.68. The maximum absolute atomic E-state index is 13.0. The fraction of sp³-hybridized carbons (Fsp3) is 0.400. The monoisotopic (exact) mass is 401 g/mol. The van der Waals surface area contributed by atoms with Gasteiger partial charge in [-0.1, -0.05) is 30.7 Å². The number of aliphatic imine (C=N–C) groups is 1. The number of nitrogens with two attached hydrogens (primary N) is 1. The number of guanidine groups is 1. The van der Waals surface area contributed by atoms with Crippen molar-refractivity contribution in [1.29, 1.82) is 0 Å². The van der Waals surface area contributed by atoms with Crippen LogP contribution in [0, 0.1) is 0 Å². The topological polar surface area (TPSA) is 101 Å². The fourth-order valence-electron chi connectivity index (χ4n) is 3.22. The van der Waals surface area contributed by atoms with Gasteiger partial charge in [0.2, 0.25) is 10.0 Å². The predicted octanol–water partition coefficient (Wildman–Crippen LogP) is 1.90. The minimum absolute atomic E-state index is 0.214. The summed E-state index contributed by atoms with van der Waals surface area (Å²) in [6.45, 7) is 1.99. The molecule has 28 heavy (non-hydrogen) atoms. The highest BCUT2D eigenvalue weighted by atomic mass is 32.2. The van der Waals surface area contributed by atoms with Crippen LogP contribution in [0.25, 0.3) is 0 Å². The van der Waals surface area contributed by atoms with Crippen molar-refractivity contribution < 1.29 is 8.42 Å². The zero-order valence-corrected chi connectivity index (χ0v) is 16.7. The molecule has 1 fully saturated rings. The average Bonchev–Trinajstić information content (AvgIpc) is 2.74. The van der Waals surface area contributed by atoms with Crippen molar-refractivity contribution in [2.75, 3.05) is 19.6 Å². The number of benzene rings is 1. The van der Waals surface area contributed by atoms with Gasteiger partial charge in [-0.05, 0) is 36.6 Å². The van der Waals surface area contributed by atoms with Crippen molar-refractivity contribution in [3.05, 3.63) is 59.9 Å². The van der Waals surface area contributed by atoms with E-state index in [4.69, 9.17) is 5.73 Å². The molecule has 0 atom stereocenters. The lowest BCUT2D eigenvalue weighted by Crippen LogP contribution is -2.36. The Morgan fingerprint density at radius 2 is 1.86 bits per heavy atom. The first kappa shape index (κ1) is 20.3. The van der Waals surface area contributed by atoms with E-state index in [1.165, 1.54) is 0 Å². The van der Waals surface area contributed by atoms with Crippen molar-refractivity contribution in [3.63, 3.8) is 0 Å². The number of hydrogen-bond donors (Lipinski definition) is 2. The molecule has 8 heteroatoms. The van der Waals surface area contributed by atoms with Gasteiger partial charge in [-0.25, -0.2) is 13.4 Å². The molecule has 3 rings (SSSR count). The Hall–Kier alpha value is -2.45. The Balaban J connectivity index is 1.63. The third-order valence-corrected chi connectivity index (χ3v) is 6.74. The Bertz CT molecular complexity index is 894. The van der Waals surface area contributed by atoms with Crippen LogP contribution in [0.5, 0.6) is 0 Å². The number of hydrogen-bond acceptors (Lipinski definition) is 4. The van der Waals surface area contributed by atoms with Crippen LogP contribution in [0.2, 0.25) is 0 Å². The van der Waals surface area contributed by atoms with E-state index in [9.17, 15) is 8.42 Å². The molecule has 1 aromatic carbocycles. The normalized spacial score (nSPS) is 16.1. The van der Waals surface area contributed by atoms with E-state index in [2.05, 4.69) is 15.3 Å². The molecule has 0 spiro atoms. The van der Waals surface area contributed by atoms with Crippen LogP contribution in [0.3, 0.4) is 0 Å². The predicted molar refractivity (Wildman–Crippen MR) is 110 cm³/mol. The molecule has 1 saturated heterocycles. The van der Waals surface area contributed by atoms with Gasteiger partial charge in [0.15, 0.2) is 5.96 Å². The van der Waals surface area contributed by atoms with Crippen molar-refractivity contribution in [2.24, 2.45) is 10.7 Å². The van der Waals surface area contributed by atoms with Crippen LogP contribution in [0.4, 0.5) is 0 Å². The van der Waals surface area contributed by atoms with Gasteiger partial charge in [-0.15, -0.1) is 0 Å². The van der Waals surface area contributed by atoms with E-state index in [1.54, 1.807) is 28.7 Å². The molecule has 0 bridgehead atoms. The second-order valence-electron chi connectivity index (χ2n) is 6.77. The molecule has 2 aromatic rings. The summed E-state index contributed by atoms with van der Waals surface area (Å²) in [6, 6.07) is 12.8. The molecule has 150 valence electrons. The third-order valence-electron chi connectivity index (χ3n) is 4.74. The van der Waals surface area contributed by atoms with Gasteiger partial charge in [0.1, 0.15) is 0 Å². The molecular weight excluding hydrogens is 374 g/mol. The molecule has 1 aliphatic rings. The lowest BCUT2D eigenvalue weighted by Gasteiger charge is -2.26. The van der Waals surface area contributed by atoms with Crippen molar-refractivity contribution in [1.82, 2.24) is 14.6 Å². The third kappa shape index (κ3) is 5.30. The van der Waals surface area contributed by atoms with Crippen LogP contribution < -0.4 is 11.1 Å². The number of aromatic nitrogens is 1. The Labute approximate surface area is 166 Å². The summed E-state index contributed by atoms with van der Waals surface area (Å²) in [6.07, 6.45) is 5.39. The molecule has 0 aliphatic carbocycles. The van der Waals surface area contributed by atoms with Gasteiger partial charge in [0.25, 0.3) is 0 Å². The van der Waals surface area contributed by atoms with Gasteiger partial charge in [-0.3, -0.25) is 4.98 Å². The van der Waals surface area contributed by atoms with Crippen molar-refractivity contribution in [2.45, 2.75) is 37.1 Å². The largest absolute Gasteiger partial charge is 0.370 e. The molecule has 0 radical (unpaired) electrons. The van der Waals surface area contributed by atoms with Crippen LogP contribution >= 0.6 is 0 Å². The van der Waals surface area contributed by atoms with E-state index >= 15 is 0 Å². The highest BCUT2D eigenvalue weighted by molar-refractivity contribution is 7.89. The minimum atomic E-state index is -3.50. The number of nitrogens with zero attached hydrogens (tertiary/aromatic N) is 3. The first-order chi connectivity index (χ1) is 13.6. The van der Waals surface area contributed by atoms with E-state index in [1.807, 2.05) is 24.3 Å². The number of pyridine rings is 1. The van der Waals surface area contributed by atoms with Crippen LogP contribution in [-0.4, -0.2) is 43.3 Å². The SMILES string of the molecule is NC(=NCc1ccccc1S(=O)(=O)N1CCCCC1)NCCc1ccccn1. The Morgan fingerprint density at radius 1 is 1.11 bits per heavy atom. The zero-order valence-electron chi connectivity index (χ0n) is 15.9. The van der Waals surface area contributed by atoms with Gasteiger partial charge in [0.05, 0.1) is 11.4 Å². The maximum atomic E-state index is 13.0. The molecule has 2 heterocycles. The Kier molecular flexibility index (Phi) is 7.00. The molecule has 7 nitrogen and oxygen atoms in total. The lowest BCUT2D eigenvalue weighted by molar-refractivity contribution is 0.346. The average molecular weight is 402 g/mol. The standard InChI is InChI=1S/C20H27N5O2S/c21-20(23-13-11-18-9-4-5-12-22-18)24-16-17-8-2-3-10-19(17)28(26,27)25-14-6-1-7-15-25/h2-5,8-10,12H,1,6-7,11,13-16H2,(H3,21,23,24). The van der Waals surface area contributed by atoms with Crippen LogP contribution in [0.15, 0.2) is 58.5 Å². The molecular formula is C20H27N5O2S. The summed E-state index contributed by atoms with van der Waals surface area (Å²) in [4.78, 5) is 8.91. The molecule has 0 amide bonds. The summed E-state index contributed by atoms with van der Waals surface area (Å²) in [5.41, 5.74) is 7.57. The van der Waals surface area contributed by atoms with E-state index in [0.29, 0.717) is 36.1 Å². The smallest absolute Gasteiger partial charge is 0.243 e. The van der Waals surface area contributed by atoms with Gasteiger partial charge < -0.3 is 11.1 Å². The van der Waals surface area contributed by atoms with Gasteiger partial charge >= 0.3 is 0 Å². The first-order valence-corrected chi connectivity index (χ1v) is 11.0. The highest BCUT2D eigenvalue weighted by Gasteiger charge is 2.27. The van der Waals surface area contributed by atoms with Crippen LogP contribution in [0.1, 0.15) is 30.5 Å². The second kappa shape index (κ2) is 9.66. The number of sulfonamides is 1. The zero-order chi connectivity index (χ0) is 19.8. The van der Waals surface area contributed by atoms with Crippen molar-refractivity contribution >= 4 is 16.0 Å². The van der Waals surface area contributed by atoms with Gasteiger partial charge in [0, 0.05) is 37.9 Å². The molecule has 0 unspecified atom stereocenters. The first-order valence-electron chi connectivity index (χ1n) is 9.59. The summed E-state index contributed by atoms with van der Waals surface area (Å²) in [7, 11) is -3.50. The Morgan fingerprint density at radius 3 is 2.61 bits per heavy atom. The molecule has 1 aromatic heterocycles. The van der Waals surface area contributed by atoms with Crippen molar-refractivity contribution in [3.8, 4) is 0 Å². The summed E-state index contributed by atoms with van der Waals surface area (Å²) >= 11 is 0. The summed E-state index contributed by atoms with van der Waals surface area (Å²) in [5, 5.41) is 3.05. The highest BCUT2D eigenvalue weighted by Crippen LogP contribution is 2.24. The lowest BCUT2D eigenvalue weighted by atomic mass is 10.2. The summed E-state index contributed by atoms with van der Waals surface area (Å²) in [5.74, 6) is 0.293. The quantitative estimate of drug-likeness (QED) is 0.545. The van der Waals surface area contributed by atoms with Crippen LogP contribution in [-0.2, 0) is 23.0 Å². The molecule has 3 N–H and O–H groups in total.